The van der Waals surface area contributed by atoms with Crippen LogP contribution in [0, 0.1) is 12.7 Å². The molecule has 2 aromatic carbocycles. The van der Waals surface area contributed by atoms with E-state index in [2.05, 4.69) is 15.2 Å². The summed E-state index contributed by atoms with van der Waals surface area (Å²) in [5, 5.41) is 7.02. The van der Waals surface area contributed by atoms with Gasteiger partial charge in [0.1, 0.15) is 5.82 Å². The minimum Gasteiger partial charge on any atom is -0.368 e. The molecule has 1 amide bonds. The summed E-state index contributed by atoms with van der Waals surface area (Å²) in [5.41, 5.74) is -0.173. The fraction of sp³-hybridized carbons (Fsp3) is 0.286. The van der Waals surface area contributed by atoms with Crippen molar-refractivity contribution in [3.05, 3.63) is 71.3 Å². The Balaban J connectivity index is 1.58. The summed E-state index contributed by atoms with van der Waals surface area (Å²) in [6, 6.07) is 12.4. The van der Waals surface area contributed by atoms with E-state index < -0.39 is 29.3 Å². The summed E-state index contributed by atoms with van der Waals surface area (Å²) in [6.07, 6.45) is -4.90. The number of carbonyl (C=O) groups is 1. The smallest absolute Gasteiger partial charge is 0.368 e. The molecular formula is C21H19F4N5O. The minimum absolute atomic E-state index is 0.164. The van der Waals surface area contributed by atoms with Crippen molar-refractivity contribution in [2.75, 3.05) is 31.1 Å². The first-order chi connectivity index (χ1) is 14.7. The number of piperazine rings is 1. The number of benzene rings is 2. The fourth-order valence-corrected chi connectivity index (χ4v) is 3.61. The standard InChI is InChI=1S/C21H19F4N5O/c1-14-4-2-6-16(12-14)28-8-10-29(11-9-28)20(31)18-19(21(23,24)25)30(27-26-18)17-7-3-5-15(22)13-17/h2-7,12-13H,8-11H2,1H3. The van der Waals surface area contributed by atoms with Gasteiger partial charge in [0.15, 0.2) is 11.4 Å². The molecule has 1 aliphatic heterocycles. The van der Waals surface area contributed by atoms with E-state index >= 15 is 0 Å². The molecule has 4 rings (SSSR count). The van der Waals surface area contributed by atoms with Gasteiger partial charge in [-0.25, -0.2) is 9.07 Å². The zero-order valence-electron chi connectivity index (χ0n) is 16.6. The lowest BCUT2D eigenvalue weighted by Gasteiger charge is -2.36. The quantitative estimate of drug-likeness (QED) is 0.592. The van der Waals surface area contributed by atoms with Crippen LogP contribution >= 0.6 is 0 Å². The molecule has 1 fully saturated rings. The number of carbonyl (C=O) groups excluding carboxylic acids is 1. The van der Waals surface area contributed by atoms with Gasteiger partial charge in [0.25, 0.3) is 5.91 Å². The molecule has 2 heterocycles. The maximum Gasteiger partial charge on any atom is 0.435 e. The first-order valence-corrected chi connectivity index (χ1v) is 9.64. The molecule has 162 valence electrons. The normalized spacial score (nSPS) is 14.7. The number of hydrogen-bond donors (Lipinski definition) is 0. The first kappa shape index (κ1) is 20.8. The highest BCUT2D eigenvalue weighted by molar-refractivity contribution is 5.93. The number of rotatable bonds is 3. The van der Waals surface area contributed by atoms with Crippen molar-refractivity contribution in [3.63, 3.8) is 0 Å². The Morgan fingerprint density at radius 3 is 2.29 bits per heavy atom. The number of nitrogens with zero attached hydrogens (tertiary/aromatic N) is 5. The SMILES string of the molecule is Cc1cccc(N2CCN(C(=O)c3nnn(-c4cccc(F)c4)c3C(F)(F)F)CC2)c1. The molecule has 0 saturated carbocycles. The second kappa shape index (κ2) is 8.01. The zero-order chi connectivity index (χ0) is 22.2. The highest BCUT2D eigenvalue weighted by Gasteiger charge is 2.43. The maximum atomic E-state index is 13.8. The Bertz CT molecular complexity index is 1100. The molecule has 0 atom stereocenters. The van der Waals surface area contributed by atoms with Crippen LogP contribution in [0.25, 0.3) is 5.69 Å². The summed E-state index contributed by atoms with van der Waals surface area (Å²) in [4.78, 5) is 16.3. The van der Waals surface area contributed by atoms with Crippen molar-refractivity contribution >= 4 is 11.6 Å². The molecule has 0 radical (unpaired) electrons. The van der Waals surface area contributed by atoms with E-state index in [-0.39, 0.29) is 18.8 Å². The van der Waals surface area contributed by atoms with Crippen molar-refractivity contribution in [1.82, 2.24) is 19.9 Å². The Labute approximate surface area is 175 Å². The van der Waals surface area contributed by atoms with Crippen LogP contribution in [0.3, 0.4) is 0 Å². The molecule has 31 heavy (non-hydrogen) atoms. The highest BCUT2D eigenvalue weighted by atomic mass is 19.4. The van der Waals surface area contributed by atoms with Crippen molar-refractivity contribution < 1.29 is 22.4 Å². The minimum atomic E-state index is -4.90. The first-order valence-electron chi connectivity index (χ1n) is 9.64. The molecule has 0 bridgehead atoms. The summed E-state index contributed by atoms with van der Waals surface area (Å²) in [6.45, 7) is 3.43. The molecule has 1 aliphatic rings. The molecule has 0 N–H and O–H groups in total. The molecule has 1 saturated heterocycles. The van der Waals surface area contributed by atoms with E-state index in [4.69, 9.17) is 0 Å². The molecule has 3 aromatic rings. The van der Waals surface area contributed by atoms with Crippen LogP contribution in [0.2, 0.25) is 0 Å². The summed E-state index contributed by atoms with van der Waals surface area (Å²) in [5.74, 6) is -1.57. The second-order valence-corrected chi connectivity index (χ2v) is 7.29. The molecule has 0 spiro atoms. The number of hydrogen-bond acceptors (Lipinski definition) is 4. The van der Waals surface area contributed by atoms with Crippen molar-refractivity contribution in [2.45, 2.75) is 13.1 Å². The van der Waals surface area contributed by atoms with E-state index in [1.54, 1.807) is 0 Å². The van der Waals surface area contributed by atoms with E-state index in [0.29, 0.717) is 17.8 Å². The van der Waals surface area contributed by atoms with Gasteiger partial charge in [0, 0.05) is 31.9 Å². The Morgan fingerprint density at radius 1 is 0.968 bits per heavy atom. The molecule has 0 unspecified atom stereocenters. The van der Waals surface area contributed by atoms with Crippen LogP contribution in [0.4, 0.5) is 23.2 Å². The highest BCUT2D eigenvalue weighted by Crippen LogP contribution is 2.33. The monoisotopic (exact) mass is 433 g/mol. The summed E-state index contributed by atoms with van der Waals surface area (Å²) < 4.78 is 55.4. The maximum absolute atomic E-state index is 13.8. The zero-order valence-corrected chi connectivity index (χ0v) is 16.6. The van der Waals surface area contributed by atoms with Crippen LogP contribution in [0.1, 0.15) is 21.7 Å². The van der Waals surface area contributed by atoms with Gasteiger partial charge in [-0.3, -0.25) is 4.79 Å². The molecule has 6 nitrogen and oxygen atoms in total. The number of halogens is 4. The number of amides is 1. The lowest BCUT2D eigenvalue weighted by atomic mass is 10.2. The number of anilines is 1. The van der Waals surface area contributed by atoms with Crippen LogP contribution in [-0.4, -0.2) is 52.0 Å². The second-order valence-electron chi connectivity index (χ2n) is 7.29. The Morgan fingerprint density at radius 2 is 1.65 bits per heavy atom. The average Bonchev–Trinajstić information content (AvgIpc) is 3.19. The Hall–Kier alpha value is -3.43. The lowest BCUT2D eigenvalue weighted by Crippen LogP contribution is -2.49. The van der Waals surface area contributed by atoms with Gasteiger partial charge in [-0.15, -0.1) is 5.10 Å². The van der Waals surface area contributed by atoms with Gasteiger partial charge < -0.3 is 9.80 Å². The van der Waals surface area contributed by atoms with E-state index in [0.717, 1.165) is 23.4 Å². The van der Waals surface area contributed by atoms with Gasteiger partial charge in [-0.2, -0.15) is 13.2 Å². The average molecular weight is 433 g/mol. The topological polar surface area (TPSA) is 54.3 Å². The lowest BCUT2D eigenvalue weighted by molar-refractivity contribution is -0.143. The third-order valence-electron chi connectivity index (χ3n) is 5.13. The predicted octanol–water partition coefficient (Wildman–Crippen LogP) is 3.70. The van der Waals surface area contributed by atoms with Gasteiger partial charge in [-0.05, 0) is 42.8 Å². The van der Waals surface area contributed by atoms with Gasteiger partial charge >= 0.3 is 6.18 Å². The molecule has 0 aliphatic carbocycles. The summed E-state index contributed by atoms with van der Waals surface area (Å²) >= 11 is 0. The number of aryl methyl sites for hydroxylation is 1. The summed E-state index contributed by atoms with van der Waals surface area (Å²) in [7, 11) is 0. The largest absolute Gasteiger partial charge is 0.435 e. The fourth-order valence-electron chi connectivity index (χ4n) is 3.61. The number of alkyl halides is 3. The van der Waals surface area contributed by atoms with Crippen molar-refractivity contribution in [3.8, 4) is 5.69 Å². The van der Waals surface area contributed by atoms with Crippen LogP contribution in [0.5, 0.6) is 0 Å². The van der Waals surface area contributed by atoms with E-state index in [1.165, 1.54) is 17.0 Å². The van der Waals surface area contributed by atoms with Gasteiger partial charge in [0.05, 0.1) is 5.69 Å². The van der Waals surface area contributed by atoms with E-state index in [9.17, 15) is 22.4 Å². The van der Waals surface area contributed by atoms with E-state index in [1.807, 2.05) is 31.2 Å². The molecule has 1 aromatic heterocycles. The van der Waals surface area contributed by atoms with Crippen molar-refractivity contribution in [2.24, 2.45) is 0 Å². The third kappa shape index (κ3) is 4.23. The molecule has 10 heteroatoms. The van der Waals surface area contributed by atoms with Crippen LogP contribution in [-0.2, 0) is 6.18 Å². The van der Waals surface area contributed by atoms with Crippen molar-refractivity contribution in [1.29, 1.82) is 0 Å². The van der Waals surface area contributed by atoms with Crippen LogP contribution in [0.15, 0.2) is 48.5 Å². The number of aromatic nitrogens is 3. The predicted molar refractivity (Wildman–Crippen MR) is 106 cm³/mol. The Kier molecular flexibility index (Phi) is 5.38. The van der Waals surface area contributed by atoms with Crippen LogP contribution < -0.4 is 4.90 Å². The van der Waals surface area contributed by atoms with Gasteiger partial charge in [0.2, 0.25) is 0 Å². The molecular weight excluding hydrogens is 414 g/mol. The third-order valence-corrected chi connectivity index (χ3v) is 5.13. The van der Waals surface area contributed by atoms with Gasteiger partial charge in [-0.1, -0.05) is 23.4 Å².